The number of benzene rings is 2. The van der Waals surface area contributed by atoms with Gasteiger partial charge in [-0.15, -0.1) is 0 Å². The average molecular weight is 405 g/mol. The summed E-state index contributed by atoms with van der Waals surface area (Å²) in [5.41, 5.74) is 4.27. The van der Waals surface area contributed by atoms with E-state index in [2.05, 4.69) is 37.2 Å². The Bertz CT molecular complexity index is 1200. The summed E-state index contributed by atoms with van der Waals surface area (Å²) in [6.45, 7) is 3.14. The molecular weight excluding hydrogens is 385 g/mol. The zero-order chi connectivity index (χ0) is 20.5. The molecule has 0 amide bonds. The summed E-state index contributed by atoms with van der Waals surface area (Å²) in [6.07, 6.45) is 1.62. The molecule has 5 rings (SSSR count). The lowest BCUT2D eigenvalue weighted by molar-refractivity contribution is 0.122. The monoisotopic (exact) mass is 405 g/mol. The number of morpholine rings is 1. The summed E-state index contributed by atoms with van der Waals surface area (Å²) in [6, 6.07) is 12.8. The molecule has 2 aromatic carbocycles. The van der Waals surface area contributed by atoms with Gasteiger partial charge in [0.15, 0.2) is 5.82 Å². The number of nitrogens with zero attached hydrogens (tertiary/aromatic N) is 4. The Morgan fingerprint density at radius 1 is 1.13 bits per heavy atom. The molecule has 1 fully saturated rings. The molecule has 0 bridgehead atoms. The van der Waals surface area contributed by atoms with Gasteiger partial charge in [0.1, 0.15) is 28.3 Å². The van der Waals surface area contributed by atoms with E-state index in [1.807, 2.05) is 12.1 Å². The van der Waals surface area contributed by atoms with Crippen molar-refractivity contribution >= 4 is 16.7 Å². The second-order valence-electron chi connectivity index (χ2n) is 6.99. The second kappa shape index (κ2) is 7.72. The summed E-state index contributed by atoms with van der Waals surface area (Å²) in [4.78, 5) is 11.2. The molecule has 0 atom stereocenters. The first kappa shape index (κ1) is 18.5. The van der Waals surface area contributed by atoms with Crippen molar-refractivity contribution in [2.75, 3.05) is 38.3 Å². The van der Waals surface area contributed by atoms with Crippen LogP contribution >= 0.6 is 0 Å². The molecule has 1 aliphatic heterocycles. The molecule has 0 saturated carbocycles. The van der Waals surface area contributed by atoms with Crippen LogP contribution in [0.2, 0.25) is 0 Å². The largest absolute Gasteiger partial charge is 0.496 e. The Labute approximate surface area is 172 Å². The first-order valence-corrected chi connectivity index (χ1v) is 9.72. The number of methoxy groups -OCH3 is 1. The first-order valence-electron chi connectivity index (χ1n) is 9.72. The van der Waals surface area contributed by atoms with E-state index in [4.69, 9.17) is 9.47 Å². The highest BCUT2D eigenvalue weighted by Crippen LogP contribution is 2.33. The number of aromatic amines is 1. The van der Waals surface area contributed by atoms with Crippen molar-refractivity contribution in [2.24, 2.45) is 0 Å². The molecule has 152 valence electrons. The summed E-state index contributed by atoms with van der Waals surface area (Å²) in [7, 11) is 1.50. The third-order valence-corrected chi connectivity index (χ3v) is 5.22. The molecule has 0 spiro atoms. The van der Waals surface area contributed by atoms with Gasteiger partial charge in [-0.25, -0.2) is 14.4 Å². The summed E-state index contributed by atoms with van der Waals surface area (Å²) in [5.74, 6) is 0.200. The normalized spacial score (nSPS) is 14.3. The van der Waals surface area contributed by atoms with Gasteiger partial charge in [-0.2, -0.15) is 5.10 Å². The van der Waals surface area contributed by atoms with Crippen LogP contribution in [-0.4, -0.2) is 53.6 Å². The van der Waals surface area contributed by atoms with Crippen molar-refractivity contribution in [3.63, 3.8) is 0 Å². The van der Waals surface area contributed by atoms with E-state index in [1.54, 1.807) is 18.3 Å². The quantitative estimate of drug-likeness (QED) is 0.558. The van der Waals surface area contributed by atoms with Crippen molar-refractivity contribution in [3.05, 3.63) is 54.5 Å². The van der Waals surface area contributed by atoms with Gasteiger partial charge in [0.05, 0.1) is 32.1 Å². The Kier molecular flexibility index (Phi) is 4.76. The Hall–Kier alpha value is -3.52. The first-order chi connectivity index (χ1) is 14.7. The zero-order valence-corrected chi connectivity index (χ0v) is 16.4. The molecule has 1 saturated heterocycles. The van der Waals surface area contributed by atoms with Crippen molar-refractivity contribution in [3.8, 4) is 28.4 Å². The van der Waals surface area contributed by atoms with E-state index in [1.165, 1.54) is 13.2 Å². The molecule has 30 heavy (non-hydrogen) atoms. The Morgan fingerprint density at radius 3 is 2.80 bits per heavy atom. The van der Waals surface area contributed by atoms with Gasteiger partial charge in [0, 0.05) is 24.3 Å². The smallest absolute Gasteiger partial charge is 0.166 e. The van der Waals surface area contributed by atoms with Crippen molar-refractivity contribution in [1.29, 1.82) is 0 Å². The Balaban J connectivity index is 1.60. The van der Waals surface area contributed by atoms with Crippen molar-refractivity contribution in [2.45, 2.75) is 0 Å². The van der Waals surface area contributed by atoms with Crippen LogP contribution in [0.25, 0.3) is 33.7 Å². The second-order valence-corrected chi connectivity index (χ2v) is 6.99. The number of fused-ring (bicyclic) bond motifs is 1. The van der Waals surface area contributed by atoms with Crippen molar-refractivity contribution < 1.29 is 13.9 Å². The van der Waals surface area contributed by atoms with Crippen LogP contribution in [0.4, 0.5) is 10.1 Å². The van der Waals surface area contributed by atoms with Gasteiger partial charge in [-0.1, -0.05) is 18.2 Å². The molecule has 0 aliphatic carbocycles. The number of ether oxygens (including phenoxy) is 2. The van der Waals surface area contributed by atoms with E-state index in [-0.39, 0.29) is 11.4 Å². The highest BCUT2D eigenvalue weighted by molar-refractivity contribution is 5.91. The van der Waals surface area contributed by atoms with Crippen LogP contribution in [0.15, 0.2) is 48.7 Å². The fourth-order valence-corrected chi connectivity index (χ4v) is 3.70. The fraction of sp³-hybridized carbons (Fsp3) is 0.227. The van der Waals surface area contributed by atoms with Crippen LogP contribution in [0, 0.1) is 5.82 Å². The number of hydrogen-bond donors (Lipinski definition) is 1. The molecule has 1 N–H and O–H groups in total. The SMILES string of the molecule is COc1cccc(F)c1-c1ncc2[nH]nc(-c3cccc(N4CCOCC4)c3)c2n1. The summed E-state index contributed by atoms with van der Waals surface area (Å²) >= 11 is 0. The van der Waals surface area contributed by atoms with Crippen LogP contribution in [-0.2, 0) is 4.74 Å². The molecule has 0 unspecified atom stereocenters. The van der Waals surface area contributed by atoms with Gasteiger partial charge < -0.3 is 14.4 Å². The minimum atomic E-state index is -0.437. The van der Waals surface area contributed by atoms with Crippen LogP contribution in [0.3, 0.4) is 0 Å². The molecular formula is C22H20FN5O2. The standard InChI is InChI=1S/C22H20FN5O2/c1-29-18-7-3-6-16(23)19(18)22-24-13-17-21(25-22)20(27-26-17)14-4-2-5-15(12-14)28-8-10-30-11-9-28/h2-7,12-13H,8-11H2,1H3,(H,26,27). The van der Waals surface area contributed by atoms with E-state index < -0.39 is 5.82 Å². The summed E-state index contributed by atoms with van der Waals surface area (Å²) < 4.78 is 25.3. The number of nitrogens with one attached hydrogen (secondary N) is 1. The predicted molar refractivity (Wildman–Crippen MR) is 112 cm³/mol. The van der Waals surface area contributed by atoms with E-state index in [0.29, 0.717) is 22.5 Å². The summed E-state index contributed by atoms with van der Waals surface area (Å²) in [5, 5.41) is 7.43. The third kappa shape index (κ3) is 3.25. The molecule has 2 aromatic heterocycles. The Morgan fingerprint density at radius 2 is 1.97 bits per heavy atom. The maximum atomic E-state index is 14.5. The molecule has 1 aliphatic rings. The predicted octanol–water partition coefficient (Wildman–Crippen LogP) is 3.67. The minimum Gasteiger partial charge on any atom is -0.496 e. The topological polar surface area (TPSA) is 76.2 Å². The number of hydrogen-bond acceptors (Lipinski definition) is 6. The van der Waals surface area contributed by atoms with Crippen molar-refractivity contribution in [1.82, 2.24) is 20.2 Å². The van der Waals surface area contributed by atoms with Gasteiger partial charge in [0.2, 0.25) is 0 Å². The minimum absolute atomic E-state index is 0.233. The lowest BCUT2D eigenvalue weighted by atomic mass is 10.1. The fourth-order valence-electron chi connectivity index (χ4n) is 3.70. The van der Waals surface area contributed by atoms with Gasteiger partial charge in [-0.05, 0) is 24.3 Å². The molecule has 4 aromatic rings. The number of rotatable bonds is 4. The highest BCUT2D eigenvalue weighted by Gasteiger charge is 2.18. The average Bonchev–Trinajstić information content (AvgIpc) is 3.23. The third-order valence-electron chi connectivity index (χ3n) is 5.22. The van der Waals surface area contributed by atoms with Gasteiger partial charge in [-0.3, -0.25) is 5.10 Å². The van der Waals surface area contributed by atoms with Gasteiger partial charge >= 0.3 is 0 Å². The zero-order valence-electron chi connectivity index (χ0n) is 16.4. The number of H-pyrrole nitrogens is 1. The highest BCUT2D eigenvalue weighted by atomic mass is 19.1. The van der Waals surface area contributed by atoms with E-state index >= 15 is 0 Å². The van der Waals surface area contributed by atoms with Crippen LogP contribution in [0.5, 0.6) is 5.75 Å². The molecule has 3 heterocycles. The lowest BCUT2D eigenvalue weighted by Crippen LogP contribution is -2.36. The van der Waals surface area contributed by atoms with Crippen LogP contribution in [0.1, 0.15) is 0 Å². The van der Waals surface area contributed by atoms with Crippen LogP contribution < -0.4 is 9.64 Å². The molecule has 8 heteroatoms. The lowest BCUT2D eigenvalue weighted by Gasteiger charge is -2.29. The number of halogens is 1. The molecule has 0 radical (unpaired) electrons. The van der Waals surface area contributed by atoms with E-state index in [0.717, 1.165) is 37.6 Å². The maximum absolute atomic E-state index is 14.5. The number of anilines is 1. The van der Waals surface area contributed by atoms with Gasteiger partial charge in [0.25, 0.3) is 0 Å². The van der Waals surface area contributed by atoms with E-state index in [9.17, 15) is 4.39 Å². The number of aromatic nitrogens is 4. The molecule has 7 nitrogen and oxygen atoms in total. The maximum Gasteiger partial charge on any atom is 0.166 e.